The van der Waals surface area contributed by atoms with Crippen LogP contribution in [0.25, 0.3) is 22.6 Å². The van der Waals surface area contributed by atoms with Gasteiger partial charge < -0.3 is 4.42 Å². The third kappa shape index (κ3) is 4.12. The zero-order valence-electron chi connectivity index (χ0n) is 19.0. The lowest BCUT2D eigenvalue weighted by molar-refractivity contribution is 0.0877. The molecule has 0 aliphatic carbocycles. The van der Waals surface area contributed by atoms with Crippen molar-refractivity contribution in [3.63, 3.8) is 0 Å². The van der Waals surface area contributed by atoms with E-state index in [0.717, 1.165) is 0 Å². The van der Waals surface area contributed by atoms with Gasteiger partial charge in [0.1, 0.15) is 0 Å². The molecule has 3 aromatic carbocycles. The standard InChI is InChI=1S/C27H18ClN3O5/c1-2-21(32)18-8-5-7-15(14-10-11-16-19(12-14)26(35)29-25(16)34)24(18)22(33)13-23-30-31-27(36-23)17-6-3-4-9-20(17)28/h3-12H,2,13H2,1H3,(H,29,34,35). The van der Waals surface area contributed by atoms with E-state index in [4.69, 9.17) is 16.0 Å². The van der Waals surface area contributed by atoms with Crippen LogP contribution in [-0.4, -0.2) is 33.6 Å². The Balaban J connectivity index is 1.55. The van der Waals surface area contributed by atoms with Crippen molar-refractivity contribution >= 4 is 35.0 Å². The van der Waals surface area contributed by atoms with Gasteiger partial charge in [-0.3, -0.25) is 24.5 Å². The number of imide groups is 1. The number of hydrogen-bond donors (Lipinski definition) is 1. The van der Waals surface area contributed by atoms with Gasteiger partial charge >= 0.3 is 0 Å². The van der Waals surface area contributed by atoms with Crippen LogP contribution in [0.2, 0.25) is 5.02 Å². The Morgan fingerprint density at radius 1 is 0.861 bits per heavy atom. The van der Waals surface area contributed by atoms with Gasteiger partial charge in [-0.15, -0.1) is 10.2 Å². The third-order valence-electron chi connectivity index (χ3n) is 5.89. The van der Waals surface area contributed by atoms with Gasteiger partial charge in [-0.25, -0.2) is 0 Å². The largest absolute Gasteiger partial charge is 0.420 e. The number of Topliss-reactive ketones (excluding diaryl/α,β-unsaturated/α-hetero) is 2. The maximum absolute atomic E-state index is 13.6. The van der Waals surface area contributed by atoms with Gasteiger partial charge in [0.2, 0.25) is 11.8 Å². The first-order valence-corrected chi connectivity index (χ1v) is 11.5. The number of nitrogens with zero attached hydrogens (tertiary/aromatic N) is 2. The molecule has 1 aliphatic rings. The topological polar surface area (TPSA) is 119 Å². The zero-order chi connectivity index (χ0) is 25.4. The Bertz CT molecular complexity index is 1570. The van der Waals surface area contributed by atoms with Crippen molar-refractivity contribution in [3.05, 3.63) is 93.8 Å². The Kier molecular flexibility index (Phi) is 6.03. The highest BCUT2D eigenvalue weighted by Crippen LogP contribution is 2.32. The lowest BCUT2D eigenvalue weighted by Crippen LogP contribution is -2.19. The number of amides is 2. The molecule has 9 heteroatoms. The van der Waals surface area contributed by atoms with E-state index in [1.54, 1.807) is 61.5 Å². The average molecular weight is 500 g/mol. The molecule has 1 aliphatic heterocycles. The van der Waals surface area contributed by atoms with E-state index in [2.05, 4.69) is 15.5 Å². The number of aromatic nitrogens is 2. The van der Waals surface area contributed by atoms with Gasteiger partial charge in [0.15, 0.2) is 11.6 Å². The molecule has 1 N–H and O–H groups in total. The molecule has 178 valence electrons. The summed E-state index contributed by atoms with van der Waals surface area (Å²) in [6.45, 7) is 1.71. The van der Waals surface area contributed by atoms with E-state index in [1.807, 2.05) is 0 Å². The minimum absolute atomic E-state index is 0.0681. The molecule has 0 fully saturated rings. The molecule has 36 heavy (non-hydrogen) atoms. The Morgan fingerprint density at radius 2 is 1.61 bits per heavy atom. The van der Waals surface area contributed by atoms with Crippen LogP contribution in [0.15, 0.2) is 65.1 Å². The van der Waals surface area contributed by atoms with Gasteiger partial charge in [0.05, 0.1) is 28.1 Å². The van der Waals surface area contributed by atoms with Crippen molar-refractivity contribution in [1.29, 1.82) is 0 Å². The van der Waals surface area contributed by atoms with Crippen LogP contribution in [-0.2, 0) is 6.42 Å². The first-order chi connectivity index (χ1) is 17.4. The number of carbonyl (C=O) groups excluding carboxylic acids is 4. The van der Waals surface area contributed by atoms with E-state index < -0.39 is 17.6 Å². The average Bonchev–Trinajstić information content (AvgIpc) is 3.46. The fourth-order valence-corrected chi connectivity index (χ4v) is 4.36. The number of nitrogens with one attached hydrogen (secondary N) is 1. The Morgan fingerprint density at radius 3 is 2.39 bits per heavy atom. The summed E-state index contributed by atoms with van der Waals surface area (Å²) < 4.78 is 5.70. The van der Waals surface area contributed by atoms with Crippen molar-refractivity contribution in [2.75, 3.05) is 0 Å². The van der Waals surface area contributed by atoms with Gasteiger partial charge in [-0.1, -0.05) is 54.9 Å². The number of ketones is 2. The zero-order valence-corrected chi connectivity index (χ0v) is 19.8. The number of fused-ring (bicyclic) bond motifs is 1. The SMILES string of the molecule is CCC(=O)c1cccc(-c2ccc3c(c2)C(=O)NC3=O)c1C(=O)Cc1nnc(-c2ccccc2Cl)o1. The maximum atomic E-state index is 13.6. The van der Waals surface area contributed by atoms with E-state index in [1.165, 1.54) is 6.07 Å². The summed E-state index contributed by atoms with van der Waals surface area (Å²) in [5, 5.41) is 10.7. The second kappa shape index (κ2) is 9.31. The molecule has 0 unspecified atom stereocenters. The highest BCUT2D eigenvalue weighted by atomic mass is 35.5. The number of hydrogen-bond acceptors (Lipinski definition) is 7. The molecule has 0 saturated heterocycles. The number of halogens is 1. The van der Waals surface area contributed by atoms with Crippen molar-refractivity contribution in [2.45, 2.75) is 19.8 Å². The van der Waals surface area contributed by atoms with Gasteiger partial charge in [0.25, 0.3) is 11.8 Å². The minimum Gasteiger partial charge on any atom is -0.420 e. The van der Waals surface area contributed by atoms with E-state index in [-0.39, 0.29) is 52.7 Å². The second-order valence-electron chi connectivity index (χ2n) is 8.13. The van der Waals surface area contributed by atoms with E-state index in [0.29, 0.717) is 21.7 Å². The Labute approximate surface area is 210 Å². The van der Waals surface area contributed by atoms with E-state index >= 15 is 0 Å². The number of rotatable bonds is 7. The first kappa shape index (κ1) is 23.3. The normalized spacial score (nSPS) is 12.4. The monoisotopic (exact) mass is 499 g/mol. The third-order valence-corrected chi connectivity index (χ3v) is 6.22. The van der Waals surface area contributed by atoms with Crippen LogP contribution in [0.4, 0.5) is 0 Å². The summed E-state index contributed by atoms with van der Waals surface area (Å²) >= 11 is 6.21. The number of benzene rings is 3. The molecule has 0 spiro atoms. The molecule has 0 atom stereocenters. The van der Waals surface area contributed by atoms with Crippen LogP contribution >= 0.6 is 11.6 Å². The first-order valence-electron chi connectivity index (χ1n) is 11.1. The fourth-order valence-electron chi connectivity index (χ4n) is 4.15. The van der Waals surface area contributed by atoms with Crippen LogP contribution in [0.5, 0.6) is 0 Å². The van der Waals surface area contributed by atoms with Crippen LogP contribution in [0.1, 0.15) is 60.7 Å². The van der Waals surface area contributed by atoms with Gasteiger partial charge in [-0.2, -0.15) is 0 Å². The van der Waals surface area contributed by atoms with Crippen molar-refractivity contribution < 1.29 is 23.6 Å². The molecule has 0 radical (unpaired) electrons. The molecule has 0 saturated carbocycles. The second-order valence-corrected chi connectivity index (χ2v) is 8.54. The minimum atomic E-state index is -0.511. The highest BCUT2D eigenvalue weighted by Gasteiger charge is 2.28. The molecule has 8 nitrogen and oxygen atoms in total. The van der Waals surface area contributed by atoms with Crippen LogP contribution in [0.3, 0.4) is 0 Å². The molecular formula is C27H18ClN3O5. The molecule has 2 heterocycles. The lowest BCUT2D eigenvalue weighted by Gasteiger charge is -2.13. The molecule has 0 bridgehead atoms. The highest BCUT2D eigenvalue weighted by molar-refractivity contribution is 6.33. The fraction of sp³-hybridized carbons (Fsp3) is 0.111. The molecule has 5 rings (SSSR count). The lowest BCUT2D eigenvalue weighted by atomic mass is 9.88. The summed E-state index contributed by atoms with van der Waals surface area (Å²) in [6, 6.07) is 16.6. The van der Waals surface area contributed by atoms with E-state index in [9.17, 15) is 19.2 Å². The van der Waals surface area contributed by atoms with Crippen molar-refractivity contribution in [2.24, 2.45) is 0 Å². The summed E-state index contributed by atoms with van der Waals surface area (Å²) in [7, 11) is 0. The van der Waals surface area contributed by atoms with Crippen LogP contribution < -0.4 is 5.32 Å². The van der Waals surface area contributed by atoms with Crippen molar-refractivity contribution in [1.82, 2.24) is 15.5 Å². The summed E-state index contributed by atoms with van der Waals surface area (Å²) in [5.74, 6) is -1.36. The summed E-state index contributed by atoms with van der Waals surface area (Å²) in [5.41, 5.74) is 2.44. The predicted molar refractivity (Wildman–Crippen MR) is 131 cm³/mol. The molecule has 2 amide bonds. The van der Waals surface area contributed by atoms with Gasteiger partial charge in [0, 0.05) is 17.5 Å². The predicted octanol–water partition coefficient (Wildman–Crippen LogP) is 4.96. The summed E-state index contributed by atoms with van der Waals surface area (Å²) in [6.07, 6.45) is -0.0512. The molecular weight excluding hydrogens is 482 g/mol. The Hall–Kier alpha value is -4.43. The maximum Gasteiger partial charge on any atom is 0.258 e. The molecule has 4 aromatic rings. The number of carbonyl (C=O) groups is 4. The quantitative estimate of drug-likeness (QED) is 0.282. The smallest absolute Gasteiger partial charge is 0.258 e. The van der Waals surface area contributed by atoms with Crippen molar-refractivity contribution in [3.8, 4) is 22.6 Å². The molecule has 1 aromatic heterocycles. The van der Waals surface area contributed by atoms with Crippen LogP contribution in [0, 0.1) is 0 Å². The summed E-state index contributed by atoms with van der Waals surface area (Å²) in [4.78, 5) is 50.5. The van der Waals surface area contributed by atoms with Gasteiger partial charge in [-0.05, 0) is 35.4 Å².